The number of nitrogens with zero attached hydrogens (tertiary/aromatic N) is 2. The van der Waals surface area contributed by atoms with Crippen LogP contribution in [-0.2, 0) is 17.6 Å². The third kappa shape index (κ3) is 5.88. The summed E-state index contributed by atoms with van der Waals surface area (Å²) in [6.07, 6.45) is 6.41. The van der Waals surface area contributed by atoms with Crippen molar-refractivity contribution in [2.24, 2.45) is 16.6 Å². The number of nitrogens with one attached hydrogen (secondary N) is 1. The summed E-state index contributed by atoms with van der Waals surface area (Å²) in [5, 5.41) is 3.21. The number of carbonyl (C=O) groups is 1. The number of nitrogens with two attached hydrogens (primary N) is 1. The van der Waals surface area contributed by atoms with Gasteiger partial charge in [0.05, 0.1) is 0 Å². The van der Waals surface area contributed by atoms with Gasteiger partial charge in [0.2, 0.25) is 0 Å². The van der Waals surface area contributed by atoms with Crippen LogP contribution in [0.2, 0.25) is 0 Å². The Labute approximate surface area is 168 Å². The lowest BCUT2D eigenvalue weighted by molar-refractivity contribution is 0.0163. The highest BCUT2D eigenvalue weighted by molar-refractivity contribution is 5.92. The van der Waals surface area contributed by atoms with Crippen LogP contribution >= 0.6 is 0 Å². The molecule has 1 aliphatic heterocycles. The van der Waals surface area contributed by atoms with Crippen LogP contribution in [0.1, 0.15) is 57.6 Å². The number of fused-ring (bicyclic) bond motifs is 1. The number of anilines is 1. The highest BCUT2D eigenvalue weighted by Gasteiger charge is 2.27. The molecule has 154 valence electrons. The maximum absolute atomic E-state index is 12.3. The molecule has 1 aromatic carbocycles. The van der Waals surface area contributed by atoms with Crippen molar-refractivity contribution in [1.29, 1.82) is 0 Å². The minimum absolute atomic E-state index is 0.210. The summed E-state index contributed by atoms with van der Waals surface area (Å²) < 4.78 is 5.50. The summed E-state index contributed by atoms with van der Waals surface area (Å²) >= 11 is 0. The van der Waals surface area contributed by atoms with Crippen LogP contribution in [0.15, 0.2) is 23.2 Å². The Hall–Kier alpha value is -2.24. The number of carbonyl (C=O) groups excluding carboxylic acids is 1. The zero-order chi connectivity index (χ0) is 20.1. The van der Waals surface area contributed by atoms with Crippen LogP contribution in [0.5, 0.6) is 0 Å². The van der Waals surface area contributed by atoms with Crippen LogP contribution in [0.4, 0.5) is 10.5 Å². The number of amides is 1. The zero-order valence-electron chi connectivity index (χ0n) is 17.5. The molecule has 28 heavy (non-hydrogen) atoms. The van der Waals surface area contributed by atoms with E-state index in [9.17, 15) is 4.79 Å². The normalized spacial score (nSPS) is 20.0. The van der Waals surface area contributed by atoms with E-state index in [4.69, 9.17) is 10.5 Å². The van der Waals surface area contributed by atoms with Gasteiger partial charge in [-0.2, -0.15) is 0 Å². The van der Waals surface area contributed by atoms with Gasteiger partial charge >= 0.3 is 6.09 Å². The number of piperidine rings is 1. The van der Waals surface area contributed by atoms with Crippen molar-refractivity contribution >= 4 is 17.7 Å². The number of hydrogen-bond acceptors (Lipinski definition) is 3. The van der Waals surface area contributed by atoms with E-state index in [2.05, 4.69) is 28.5 Å². The Morgan fingerprint density at radius 2 is 2.07 bits per heavy atom. The van der Waals surface area contributed by atoms with Gasteiger partial charge in [-0.15, -0.1) is 0 Å². The molecule has 6 heteroatoms. The molecule has 1 unspecified atom stereocenters. The molecule has 1 atom stereocenters. The van der Waals surface area contributed by atoms with Crippen LogP contribution < -0.4 is 11.1 Å². The smallest absolute Gasteiger partial charge is 0.410 e. The largest absolute Gasteiger partial charge is 0.444 e. The number of ether oxygens (including phenoxy) is 1. The molecular formula is C22H34N4O2. The van der Waals surface area contributed by atoms with Crippen LogP contribution in [0.25, 0.3) is 0 Å². The van der Waals surface area contributed by atoms with Gasteiger partial charge in [-0.1, -0.05) is 6.07 Å². The molecule has 0 saturated carbocycles. The summed E-state index contributed by atoms with van der Waals surface area (Å²) in [5.41, 5.74) is 9.49. The van der Waals surface area contributed by atoms with Gasteiger partial charge in [0, 0.05) is 25.3 Å². The van der Waals surface area contributed by atoms with Crippen molar-refractivity contribution < 1.29 is 9.53 Å². The third-order valence-electron chi connectivity index (χ3n) is 5.36. The molecule has 1 saturated heterocycles. The molecule has 0 aromatic heterocycles. The van der Waals surface area contributed by atoms with Gasteiger partial charge in [0.25, 0.3) is 0 Å². The van der Waals surface area contributed by atoms with Crippen LogP contribution in [0.3, 0.4) is 0 Å². The first-order valence-electron chi connectivity index (χ1n) is 10.5. The van der Waals surface area contributed by atoms with Crippen molar-refractivity contribution in [2.45, 2.75) is 64.9 Å². The molecule has 3 rings (SSSR count). The second kappa shape index (κ2) is 8.84. The summed E-state index contributed by atoms with van der Waals surface area (Å²) in [7, 11) is 0. The minimum atomic E-state index is -0.452. The lowest BCUT2D eigenvalue weighted by atomic mass is 9.95. The molecule has 0 radical (unpaired) electrons. The predicted octanol–water partition coefficient (Wildman–Crippen LogP) is 3.94. The SMILES string of the molecule is CC(C)(C)OC(=O)N1CCCC(CCN=C(N)Nc2ccc3c(c2)CCC3)C1. The highest BCUT2D eigenvalue weighted by atomic mass is 16.6. The second-order valence-electron chi connectivity index (χ2n) is 8.95. The number of aliphatic imine (C=N–C) groups is 1. The standard InChI is InChI=1S/C22H34N4O2/c1-22(2,3)28-21(27)26-13-5-6-16(15-26)11-12-24-20(23)25-19-10-9-17-7-4-8-18(17)14-19/h9-10,14,16H,4-8,11-13,15H2,1-3H3,(H3,23,24,25). The first kappa shape index (κ1) is 20.5. The average molecular weight is 387 g/mol. The molecule has 0 spiro atoms. The summed E-state index contributed by atoms with van der Waals surface area (Å²) in [4.78, 5) is 18.6. The van der Waals surface area contributed by atoms with Gasteiger partial charge in [-0.3, -0.25) is 4.99 Å². The van der Waals surface area contributed by atoms with Gasteiger partial charge in [0.1, 0.15) is 5.60 Å². The average Bonchev–Trinajstić information content (AvgIpc) is 3.08. The quantitative estimate of drug-likeness (QED) is 0.607. The van der Waals surface area contributed by atoms with E-state index >= 15 is 0 Å². The monoisotopic (exact) mass is 386 g/mol. The predicted molar refractivity (Wildman–Crippen MR) is 114 cm³/mol. The fourth-order valence-electron chi connectivity index (χ4n) is 4.00. The number of hydrogen-bond donors (Lipinski definition) is 2. The molecule has 1 amide bonds. The lowest BCUT2D eigenvalue weighted by Gasteiger charge is -2.34. The fourth-order valence-corrected chi connectivity index (χ4v) is 4.00. The van der Waals surface area contributed by atoms with Gasteiger partial charge < -0.3 is 20.7 Å². The number of aryl methyl sites for hydroxylation is 2. The molecule has 2 aliphatic rings. The molecule has 1 aliphatic carbocycles. The first-order valence-corrected chi connectivity index (χ1v) is 10.5. The first-order chi connectivity index (χ1) is 13.3. The van der Waals surface area contributed by atoms with Gasteiger partial charge in [-0.25, -0.2) is 4.79 Å². The van der Waals surface area contributed by atoms with E-state index in [0.29, 0.717) is 18.4 Å². The van der Waals surface area contributed by atoms with Crippen molar-refractivity contribution in [2.75, 3.05) is 25.0 Å². The number of rotatable bonds is 4. The second-order valence-corrected chi connectivity index (χ2v) is 8.95. The van der Waals surface area contributed by atoms with Gasteiger partial charge in [-0.05, 0) is 88.5 Å². The minimum Gasteiger partial charge on any atom is -0.444 e. The van der Waals surface area contributed by atoms with E-state index < -0.39 is 5.60 Å². The Morgan fingerprint density at radius 1 is 1.29 bits per heavy atom. The topological polar surface area (TPSA) is 80.0 Å². The Kier molecular flexibility index (Phi) is 6.47. The lowest BCUT2D eigenvalue weighted by Crippen LogP contribution is -2.43. The Bertz CT molecular complexity index is 724. The molecule has 6 nitrogen and oxygen atoms in total. The van der Waals surface area contributed by atoms with E-state index in [1.807, 2.05) is 25.7 Å². The summed E-state index contributed by atoms with van der Waals surface area (Å²) in [5.74, 6) is 0.899. The molecule has 1 aromatic rings. The van der Waals surface area contributed by atoms with E-state index in [-0.39, 0.29) is 6.09 Å². The van der Waals surface area contributed by atoms with E-state index in [1.54, 1.807) is 0 Å². The molecule has 3 N–H and O–H groups in total. The molecular weight excluding hydrogens is 352 g/mol. The maximum Gasteiger partial charge on any atom is 0.410 e. The molecule has 1 fully saturated rings. The number of likely N-dealkylation sites (tertiary alicyclic amines) is 1. The highest BCUT2D eigenvalue weighted by Crippen LogP contribution is 2.25. The molecule has 1 heterocycles. The Morgan fingerprint density at radius 3 is 2.86 bits per heavy atom. The maximum atomic E-state index is 12.3. The van der Waals surface area contributed by atoms with Crippen molar-refractivity contribution in [1.82, 2.24) is 4.90 Å². The van der Waals surface area contributed by atoms with Crippen LogP contribution in [0, 0.1) is 5.92 Å². The Balaban J connectivity index is 1.45. The number of guanidine groups is 1. The van der Waals surface area contributed by atoms with Crippen molar-refractivity contribution in [3.8, 4) is 0 Å². The number of benzene rings is 1. The van der Waals surface area contributed by atoms with Crippen LogP contribution in [-0.4, -0.2) is 42.2 Å². The third-order valence-corrected chi connectivity index (χ3v) is 5.36. The van der Waals surface area contributed by atoms with E-state index in [1.165, 1.54) is 24.0 Å². The summed E-state index contributed by atoms with van der Waals surface area (Å²) in [6.45, 7) is 7.88. The van der Waals surface area contributed by atoms with Crippen molar-refractivity contribution in [3.05, 3.63) is 29.3 Å². The van der Waals surface area contributed by atoms with Crippen molar-refractivity contribution in [3.63, 3.8) is 0 Å². The summed E-state index contributed by atoms with van der Waals surface area (Å²) in [6, 6.07) is 6.45. The molecule has 0 bridgehead atoms. The van der Waals surface area contributed by atoms with E-state index in [0.717, 1.165) is 44.5 Å². The van der Waals surface area contributed by atoms with Gasteiger partial charge in [0.15, 0.2) is 5.96 Å². The fraction of sp³-hybridized carbons (Fsp3) is 0.636. The zero-order valence-corrected chi connectivity index (χ0v) is 17.5.